The first-order valence-electron chi connectivity index (χ1n) is 18.6. The molecule has 0 N–H and O–H groups in total. The minimum Gasteiger partial charge on any atom is -0.495 e. The lowest BCUT2D eigenvalue weighted by atomic mass is 9.93. The maximum absolute atomic E-state index is 13.9. The van der Waals surface area contributed by atoms with Gasteiger partial charge in [0, 0.05) is 60.9 Å². The van der Waals surface area contributed by atoms with Crippen molar-refractivity contribution < 1.29 is 47.8 Å². The van der Waals surface area contributed by atoms with Crippen LogP contribution in [0.25, 0.3) is 6.08 Å². The molecule has 2 aromatic rings. The molecule has 2 aliphatic carbocycles. The number of hydrogen-bond donors (Lipinski definition) is 0. The van der Waals surface area contributed by atoms with Crippen molar-refractivity contribution >= 4 is 41.5 Å². The summed E-state index contributed by atoms with van der Waals surface area (Å²) in [6.45, 7) is 1.86. The van der Waals surface area contributed by atoms with Crippen molar-refractivity contribution in [2.45, 2.75) is 63.7 Å². The van der Waals surface area contributed by atoms with Gasteiger partial charge in [0.2, 0.25) is 0 Å². The number of carbonyl (C=O) groups is 6. The second-order valence-electron chi connectivity index (χ2n) is 14.3. The van der Waals surface area contributed by atoms with Gasteiger partial charge in [0.25, 0.3) is 23.6 Å². The van der Waals surface area contributed by atoms with Crippen LogP contribution >= 0.6 is 0 Å². The number of benzene rings is 2. The van der Waals surface area contributed by atoms with E-state index in [1.54, 1.807) is 6.92 Å². The van der Waals surface area contributed by atoms with Gasteiger partial charge in [-0.05, 0) is 55.9 Å². The van der Waals surface area contributed by atoms with Crippen LogP contribution in [-0.2, 0) is 28.8 Å². The summed E-state index contributed by atoms with van der Waals surface area (Å²) in [5.74, 6) is -2.46. The van der Waals surface area contributed by atoms with Crippen molar-refractivity contribution in [3.05, 3.63) is 95.1 Å². The van der Waals surface area contributed by atoms with Gasteiger partial charge in [0.05, 0.1) is 21.3 Å². The first-order chi connectivity index (χ1) is 26.5. The number of methoxy groups -OCH3 is 3. The Labute approximate surface area is 320 Å². The third kappa shape index (κ3) is 8.33. The van der Waals surface area contributed by atoms with E-state index >= 15 is 0 Å². The molecule has 12 nitrogen and oxygen atoms in total. The molecule has 1 saturated heterocycles. The maximum atomic E-state index is 13.9. The van der Waals surface area contributed by atoms with Crippen molar-refractivity contribution in [3.8, 4) is 17.2 Å². The molecule has 5 atom stereocenters. The number of hydroxylamine groups is 2. The number of amides is 4. The maximum Gasteiger partial charge on any atom is 0.371 e. The van der Waals surface area contributed by atoms with E-state index in [-0.39, 0.29) is 77.1 Å². The molecule has 2 fully saturated rings. The Hall–Kier alpha value is -5.78. The quantitative estimate of drug-likeness (QED) is 0.151. The zero-order valence-electron chi connectivity index (χ0n) is 31.5. The molecular weight excluding hydrogens is 704 g/mol. The number of Topliss-reactive ketones (excluding diaryl/α,β-unsaturated/α-hetero) is 1. The molecule has 4 amide bonds. The van der Waals surface area contributed by atoms with Crippen molar-refractivity contribution in [1.29, 1.82) is 0 Å². The summed E-state index contributed by atoms with van der Waals surface area (Å²) in [6.07, 6.45) is 18.2. The Balaban J connectivity index is 1.37. The molecule has 1 saturated carbocycles. The third-order valence-electron chi connectivity index (χ3n) is 10.8. The third-order valence-corrected chi connectivity index (χ3v) is 10.8. The van der Waals surface area contributed by atoms with Gasteiger partial charge in [0.1, 0.15) is 17.1 Å². The zero-order chi connectivity index (χ0) is 39.2. The van der Waals surface area contributed by atoms with E-state index < -0.39 is 17.8 Å². The largest absolute Gasteiger partial charge is 0.495 e. The van der Waals surface area contributed by atoms with Crippen LogP contribution in [0.2, 0.25) is 0 Å². The first kappa shape index (κ1) is 38.9. The number of ether oxygens (including phenoxy) is 3. The summed E-state index contributed by atoms with van der Waals surface area (Å²) in [7, 11) is 4.33. The second kappa shape index (κ2) is 17.1. The Kier molecular flexibility index (Phi) is 12.1. The van der Waals surface area contributed by atoms with E-state index in [0.29, 0.717) is 42.2 Å². The molecule has 288 valence electrons. The van der Waals surface area contributed by atoms with Crippen LogP contribution in [0.4, 0.5) is 0 Å². The number of allylic oxidation sites excluding steroid dienone is 5. The lowest BCUT2D eigenvalue weighted by Gasteiger charge is -2.23. The highest BCUT2D eigenvalue weighted by Gasteiger charge is 2.43. The van der Waals surface area contributed by atoms with Crippen LogP contribution in [0, 0.1) is 17.8 Å². The van der Waals surface area contributed by atoms with Gasteiger partial charge in [-0.3, -0.25) is 24.1 Å². The summed E-state index contributed by atoms with van der Waals surface area (Å²) in [5, 5.41) is 0.491. The Morgan fingerprint density at radius 1 is 0.764 bits per heavy atom. The lowest BCUT2D eigenvalue weighted by Crippen LogP contribution is -2.35. The van der Waals surface area contributed by atoms with Crippen LogP contribution in [-0.4, -0.2) is 73.2 Å². The molecule has 4 unspecified atom stereocenters. The fourth-order valence-corrected chi connectivity index (χ4v) is 8.19. The zero-order valence-corrected chi connectivity index (χ0v) is 31.5. The van der Waals surface area contributed by atoms with Crippen LogP contribution in [0.3, 0.4) is 0 Å². The molecule has 2 heterocycles. The fourth-order valence-electron chi connectivity index (χ4n) is 8.19. The van der Waals surface area contributed by atoms with Crippen molar-refractivity contribution in [1.82, 2.24) is 9.96 Å². The van der Waals surface area contributed by atoms with Gasteiger partial charge in [-0.2, -0.15) is 0 Å². The standard InChI is InChI=1S/C43H46N2O10/c1-26(46)10-8-9-13-29-22-28(23-32(29)25-44-33(47)18-19-34(44)48)15-17-30-24-31(16-14-27-11-6-5-7-12-27)38-37(30)40(52-2)39(42(54-4)41(38)53-3)43(51)55-45-35(49)20-21-36(45)50/h5-7,9,11-19,28-32H,8,10,20-25H2,1-4H3/b13-9?,16-14?,17-15-/t28?,29?,30?,31?,32-/m1/s1. The van der Waals surface area contributed by atoms with Crippen LogP contribution in [0.15, 0.2) is 72.9 Å². The van der Waals surface area contributed by atoms with Gasteiger partial charge in [-0.25, -0.2) is 4.79 Å². The summed E-state index contributed by atoms with van der Waals surface area (Å²) >= 11 is 0. The SMILES string of the molecule is COc1c(OC)c2c(c(OC)c1C(=O)ON1C(=O)CCC1=O)C(/C=C\C1CC(C=CCCC(C)=O)[C@@H](CN3C(=O)C=CC3=O)C1)CC2C=Cc1ccccc1. The first-order valence-corrected chi connectivity index (χ1v) is 18.6. The Bertz CT molecular complexity index is 1950. The summed E-state index contributed by atoms with van der Waals surface area (Å²) in [4.78, 5) is 81.9. The smallest absolute Gasteiger partial charge is 0.371 e. The van der Waals surface area contributed by atoms with E-state index in [9.17, 15) is 28.8 Å². The van der Waals surface area contributed by atoms with Crippen molar-refractivity contribution in [3.63, 3.8) is 0 Å². The predicted octanol–water partition coefficient (Wildman–Crippen LogP) is 6.27. The lowest BCUT2D eigenvalue weighted by molar-refractivity contribution is -0.172. The van der Waals surface area contributed by atoms with Gasteiger partial charge in [-0.15, -0.1) is 5.06 Å². The summed E-state index contributed by atoms with van der Waals surface area (Å²) in [6, 6.07) is 9.87. The molecule has 2 aliphatic heterocycles. The van der Waals surface area contributed by atoms with Crippen LogP contribution in [0.1, 0.15) is 90.8 Å². The highest BCUT2D eigenvalue weighted by Crippen LogP contribution is 2.57. The van der Waals surface area contributed by atoms with Gasteiger partial charge in [-0.1, -0.05) is 66.8 Å². The summed E-state index contributed by atoms with van der Waals surface area (Å²) in [5.41, 5.74) is 2.37. The van der Waals surface area contributed by atoms with Crippen LogP contribution in [0.5, 0.6) is 17.2 Å². The molecule has 4 aliphatic rings. The molecule has 0 bridgehead atoms. The summed E-state index contributed by atoms with van der Waals surface area (Å²) < 4.78 is 17.8. The molecule has 6 rings (SSSR count). The number of hydrogen-bond acceptors (Lipinski definition) is 10. The predicted molar refractivity (Wildman–Crippen MR) is 202 cm³/mol. The van der Waals surface area contributed by atoms with Crippen molar-refractivity contribution in [2.24, 2.45) is 17.8 Å². The number of nitrogens with zero attached hydrogens (tertiary/aromatic N) is 2. The molecule has 12 heteroatoms. The molecule has 0 aromatic heterocycles. The fraction of sp³-hybridized carbons (Fsp3) is 0.395. The van der Waals surface area contributed by atoms with E-state index in [0.717, 1.165) is 24.0 Å². The van der Waals surface area contributed by atoms with Gasteiger partial charge in [0.15, 0.2) is 11.5 Å². The average Bonchev–Trinajstić information content (AvgIpc) is 3.93. The number of fused-ring (bicyclic) bond motifs is 1. The molecule has 0 spiro atoms. The highest BCUT2D eigenvalue weighted by molar-refractivity contribution is 6.12. The number of imide groups is 2. The molecule has 0 radical (unpaired) electrons. The number of carbonyl (C=O) groups excluding carboxylic acids is 6. The number of ketones is 1. The molecule has 2 aromatic carbocycles. The average molecular weight is 751 g/mol. The van der Waals surface area contributed by atoms with Crippen molar-refractivity contribution in [2.75, 3.05) is 27.9 Å². The highest BCUT2D eigenvalue weighted by atomic mass is 16.7. The minimum atomic E-state index is -0.997. The van der Waals surface area contributed by atoms with Gasteiger partial charge >= 0.3 is 5.97 Å². The topological polar surface area (TPSA) is 146 Å². The van der Waals surface area contributed by atoms with E-state index in [1.807, 2.05) is 42.5 Å². The number of rotatable bonds is 15. The van der Waals surface area contributed by atoms with E-state index in [1.165, 1.54) is 38.4 Å². The Morgan fingerprint density at radius 3 is 2.04 bits per heavy atom. The minimum absolute atomic E-state index is 0.0183. The van der Waals surface area contributed by atoms with E-state index in [4.69, 9.17) is 19.0 Å². The monoisotopic (exact) mass is 750 g/mol. The van der Waals surface area contributed by atoms with E-state index in [2.05, 4.69) is 24.3 Å². The second-order valence-corrected chi connectivity index (χ2v) is 14.3. The molecule has 55 heavy (non-hydrogen) atoms. The Morgan fingerprint density at radius 2 is 1.40 bits per heavy atom. The van der Waals surface area contributed by atoms with Gasteiger partial charge < -0.3 is 23.8 Å². The molecular formula is C43H46N2O10. The normalized spacial score (nSPS) is 23.6. The van der Waals surface area contributed by atoms with Crippen LogP contribution < -0.4 is 14.2 Å².